The van der Waals surface area contributed by atoms with E-state index in [4.69, 9.17) is 0 Å². The molecule has 18 heavy (non-hydrogen) atoms. The van der Waals surface area contributed by atoms with Gasteiger partial charge in [0, 0.05) is 23.1 Å². The smallest absolute Gasteiger partial charge is 0.0459 e. The molecule has 2 nitrogen and oxygen atoms in total. The number of benzene rings is 1. The van der Waals surface area contributed by atoms with Gasteiger partial charge < -0.3 is 10.3 Å². The summed E-state index contributed by atoms with van der Waals surface area (Å²) in [6, 6.07) is 6.79. The number of aromatic nitrogens is 1. The predicted octanol–water partition coefficient (Wildman–Crippen LogP) is 4.13. The first-order valence-electron chi connectivity index (χ1n) is 6.83. The Morgan fingerprint density at radius 1 is 1.11 bits per heavy atom. The minimum absolute atomic E-state index is 0.531. The molecule has 0 unspecified atom stereocenters. The second kappa shape index (κ2) is 5.15. The number of H-pyrrole nitrogens is 1. The maximum Gasteiger partial charge on any atom is 0.0459 e. The van der Waals surface area contributed by atoms with Crippen LogP contribution < -0.4 is 5.32 Å². The number of hydrogen-bond acceptors (Lipinski definition) is 1. The van der Waals surface area contributed by atoms with Crippen LogP contribution >= 0.6 is 0 Å². The van der Waals surface area contributed by atoms with Crippen LogP contribution in [0.25, 0.3) is 10.9 Å². The lowest BCUT2D eigenvalue weighted by Crippen LogP contribution is -2.07. The molecule has 0 amide bonds. The summed E-state index contributed by atoms with van der Waals surface area (Å²) in [5.74, 6) is 1.11. The zero-order valence-corrected chi connectivity index (χ0v) is 12.1. The molecule has 0 radical (unpaired) electrons. The average Bonchev–Trinajstić information content (AvgIpc) is 2.68. The lowest BCUT2D eigenvalue weighted by atomic mass is 9.98. The Balaban J connectivity index is 2.63. The number of hydrogen-bond donors (Lipinski definition) is 2. The van der Waals surface area contributed by atoms with Crippen molar-refractivity contribution in [2.45, 2.75) is 46.1 Å². The first-order valence-corrected chi connectivity index (χ1v) is 6.83. The molecule has 0 aliphatic rings. The van der Waals surface area contributed by atoms with Gasteiger partial charge >= 0.3 is 0 Å². The van der Waals surface area contributed by atoms with Crippen molar-refractivity contribution < 1.29 is 0 Å². The Morgan fingerprint density at radius 3 is 2.39 bits per heavy atom. The Kier molecular flexibility index (Phi) is 3.76. The molecule has 1 aromatic heterocycles. The maximum absolute atomic E-state index is 3.57. The standard InChI is InChI=1S/C16H24N2/c1-10(2)12-6-7-15-13(8-12)14(9-17-5)16(18-15)11(3)4/h6-8,10-11,17-18H,9H2,1-5H3. The third-order valence-corrected chi connectivity index (χ3v) is 3.56. The number of aromatic amines is 1. The summed E-state index contributed by atoms with van der Waals surface area (Å²) >= 11 is 0. The SMILES string of the molecule is CNCc1c(C(C)C)[nH]c2ccc(C(C)C)cc12. The molecule has 0 saturated heterocycles. The van der Waals surface area contributed by atoms with Crippen molar-refractivity contribution in [1.82, 2.24) is 10.3 Å². The van der Waals surface area contributed by atoms with E-state index in [9.17, 15) is 0 Å². The second-order valence-corrected chi connectivity index (χ2v) is 5.66. The summed E-state index contributed by atoms with van der Waals surface area (Å²) in [5.41, 5.74) is 5.45. The number of nitrogens with one attached hydrogen (secondary N) is 2. The Bertz CT molecular complexity index is 535. The van der Waals surface area contributed by atoms with Crippen molar-refractivity contribution in [3.63, 3.8) is 0 Å². The summed E-state index contributed by atoms with van der Waals surface area (Å²) in [4.78, 5) is 3.57. The molecule has 0 spiro atoms. The highest BCUT2D eigenvalue weighted by Gasteiger charge is 2.14. The van der Waals surface area contributed by atoms with E-state index in [0.717, 1.165) is 6.54 Å². The molecule has 2 N–H and O–H groups in total. The molecule has 98 valence electrons. The highest BCUT2D eigenvalue weighted by Crippen LogP contribution is 2.30. The zero-order chi connectivity index (χ0) is 13.3. The monoisotopic (exact) mass is 244 g/mol. The van der Waals surface area contributed by atoms with E-state index < -0.39 is 0 Å². The van der Waals surface area contributed by atoms with Gasteiger partial charge in [0.05, 0.1) is 0 Å². The van der Waals surface area contributed by atoms with E-state index >= 15 is 0 Å². The van der Waals surface area contributed by atoms with Crippen molar-refractivity contribution in [2.24, 2.45) is 0 Å². The van der Waals surface area contributed by atoms with Gasteiger partial charge in [0.25, 0.3) is 0 Å². The van der Waals surface area contributed by atoms with E-state index in [0.29, 0.717) is 11.8 Å². The van der Waals surface area contributed by atoms with Crippen LogP contribution in [0.3, 0.4) is 0 Å². The molecule has 2 rings (SSSR count). The fourth-order valence-electron chi connectivity index (χ4n) is 2.51. The van der Waals surface area contributed by atoms with E-state index in [1.165, 1.54) is 27.7 Å². The van der Waals surface area contributed by atoms with E-state index in [1.807, 2.05) is 7.05 Å². The van der Waals surface area contributed by atoms with E-state index in [-0.39, 0.29) is 0 Å². The highest BCUT2D eigenvalue weighted by molar-refractivity contribution is 5.85. The highest BCUT2D eigenvalue weighted by atomic mass is 14.8. The average molecular weight is 244 g/mol. The molecular weight excluding hydrogens is 220 g/mol. The van der Waals surface area contributed by atoms with Gasteiger partial charge in [-0.15, -0.1) is 0 Å². The van der Waals surface area contributed by atoms with Gasteiger partial charge in [0.2, 0.25) is 0 Å². The molecule has 0 bridgehead atoms. The lowest BCUT2D eigenvalue weighted by Gasteiger charge is -2.08. The van der Waals surface area contributed by atoms with Gasteiger partial charge in [-0.3, -0.25) is 0 Å². The van der Waals surface area contributed by atoms with Crippen LogP contribution in [-0.2, 0) is 6.54 Å². The molecule has 0 fully saturated rings. The first-order chi connectivity index (χ1) is 8.54. The van der Waals surface area contributed by atoms with Crippen LogP contribution in [0.4, 0.5) is 0 Å². The molecular formula is C16H24N2. The van der Waals surface area contributed by atoms with Crippen molar-refractivity contribution in [2.75, 3.05) is 7.05 Å². The quantitative estimate of drug-likeness (QED) is 0.831. The Labute approximate surface area is 110 Å². The maximum atomic E-state index is 3.57. The van der Waals surface area contributed by atoms with Crippen LogP contribution in [0.15, 0.2) is 18.2 Å². The van der Waals surface area contributed by atoms with Crippen LogP contribution in [-0.4, -0.2) is 12.0 Å². The summed E-state index contributed by atoms with van der Waals surface area (Å²) < 4.78 is 0. The minimum Gasteiger partial charge on any atom is -0.358 e. The zero-order valence-electron chi connectivity index (χ0n) is 12.1. The number of rotatable bonds is 4. The van der Waals surface area contributed by atoms with E-state index in [2.05, 4.69) is 56.2 Å². The van der Waals surface area contributed by atoms with Gasteiger partial charge in [-0.2, -0.15) is 0 Å². The van der Waals surface area contributed by atoms with Crippen LogP contribution in [0.5, 0.6) is 0 Å². The van der Waals surface area contributed by atoms with Gasteiger partial charge in [-0.1, -0.05) is 33.8 Å². The topological polar surface area (TPSA) is 27.8 Å². The molecule has 2 aromatic rings. The molecule has 0 aliphatic carbocycles. The van der Waals surface area contributed by atoms with Gasteiger partial charge in [-0.25, -0.2) is 0 Å². The van der Waals surface area contributed by atoms with Crippen molar-refractivity contribution in [1.29, 1.82) is 0 Å². The summed E-state index contributed by atoms with van der Waals surface area (Å²) in [6.07, 6.45) is 0. The van der Waals surface area contributed by atoms with Crippen molar-refractivity contribution >= 4 is 10.9 Å². The predicted molar refractivity (Wildman–Crippen MR) is 79.2 cm³/mol. The van der Waals surface area contributed by atoms with Crippen molar-refractivity contribution in [3.05, 3.63) is 35.0 Å². The molecule has 1 heterocycles. The van der Waals surface area contributed by atoms with Crippen LogP contribution in [0, 0.1) is 0 Å². The third kappa shape index (κ3) is 2.30. The summed E-state index contributed by atoms with van der Waals surface area (Å²) in [6.45, 7) is 9.90. The molecule has 2 heteroatoms. The lowest BCUT2D eigenvalue weighted by molar-refractivity contribution is 0.768. The largest absolute Gasteiger partial charge is 0.358 e. The first kappa shape index (κ1) is 13.2. The molecule has 0 saturated carbocycles. The summed E-state index contributed by atoms with van der Waals surface area (Å²) in [5, 5.41) is 4.66. The minimum atomic E-state index is 0.531. The third-order valence-electron chi connectivity index (χ3n) is 3.56. The molecule has 0 atom stereocenters. The normalized spacial score (nSPS) is 11.9. The molecule has 1 aromatic carbocycles. The van der Waals surface area contributed by atoms with Crippen molar-refractivity contribution in [3.8, 4) is 0 Å². The Hall–Kier alpha value is -1.28. The van der Waals surface area contributed by atoms with Gasteiger partial charge in [-0.05, 0) is 42.1 Å². The van der Waals surface area contributed by atoms with Crippen LogP contribution in [0.2, 0.25) is 0 Å². The Morgan fingerprint density at radius 2 is 1.83 bits per heavy atom. The fourth-order valence-corrected chi connectivity index (χ4v) is 2.51. The van der Waals surface area contributed by atoms with Crippen LogP contribution in [0.1, 0.15) is 56.4 Å². The second-order valence-electron chi connectivity index (χ2n) is 5.66. The van der Waals surface area contributed by atoms with E-state index in [1.54, 1.807) is 0 Å². The number of fused-ring (bicyclic) bond motifs is 1. The van der Waals surface area contributed by atoms with Gasteiger partial charge in [0.15, 0.2) is 0 Å². The molecule has 0 aliphatic heterocycles. The van der Waals surface area contributed by atoms with Gasteiger partial charge in [0.1, 0.15) is 0 Å². The summed E-state index contributed by atoms with van der Waals surface area (Å²) in [7, 11) is 2.01. The fraction of sp³-hybridized carbons (Fsp3) is 0.500.